The van der Waals surface area contributed by atoms with Crippen molar-refractivity contribution < 1.29 is 9.59 Å². The van der Waals surface area contributed by atoms with Crippen molar-refractivity contribution in [2.75, 3.05) is 11.1 Å². The Kier molecular flexibility index (Phi) is 4.99. The van der Waals surface area contributed by atoms with Gasteiger partial charge in [0.1, 0.15) is 0 Å². The van der Waals surface area contributed by atoms with Gasteiger partial charge in [-0.25, -0.2) is 4.98 Å². The Morgan fingerprint density at radius 1 is 1.33 bits per heavy atom. The largest absolute Gasteiger partial charge is 0.366 e. The van der Waals surface area contributed by atoms with Gasteiger partial charge < -0.3 is 15.6 Å². The van der Waals surface area contributed by atoms with Crippen LogP contribution in [0.15, 0.2) is 41.8 Å². The number of carbonyl (C=O) groups excluding carboxylic acids is 2. The number of nitrogens with zero attached hydrogens (tertiary/aromatic N) is 2. The number of primary amides is 1. The molecule has 0 spiro atoms. The molecule has 2 aromatic rings. The topological polar surface area (TPSA) is 90.0 Å². The molecule has 2 amide bonds. The summed E-state index contributed by atoms with van der Waals surface area (Å²) in [5.74, 6) is 0.0821. The summed E-state index contributed by atoms with van der Waals surface area (Å²) < 4.78 is 1.91. The van der Waals surface area contributed by atoms with E-state index in [0.29, 0.717) is 23.4 Å². The van der Waals surface area contributed by atoms with Gasteiger partial charge in [-0.1, -0.05) is 11.8 Å². The molecule has 0 atom stereocenters. The average Bonchev–Trinajstić information content (AvgIpc) is 2.85. The Bertz CT molecular complexity index is 637. The van der Waals surface area contributed by atoms with Gasteiger partial charge in [0.25, 0.3) is 0 Å². The number of thioether (sulfide) groups is 1. The molecule has 0 aliphatic heterocycles. The van der Waals surface area contributed by atoms with Crippen molar-refractivity contribution in [3.8, 4) is 0 Å². The van der Waals surface area contributed by atoms with E-state index in [0.717, 1.165) is 5.16 Å². The van der Waals surface area contributed by atoms with Crippen LogP contribution in [0.5, 0.6) is 0 Å². The predicted molar refractivity (Wildman–Crippen MR) is 82.1 cm³/mol. The third kappa shape index (κ3) is 4.35. The molecule has 0 aliphatic carbocycles. The first-order valence-electron chi connectivity index (χ1n) is 6.36. The number of anilines is 1. The third-order valence-corrected chi connectivity index (χ3v) is 3.85. The highest BCUT2D eigenvalue weighted by atomic mass is 32.2. The Balaban J connectivity index is 1.79. The maximum absolute atomic E-state index is 11.8. The Labute approximate surface area is 126 Å². The zero-order valence-electron chi connectivity index (χ0n) is 11.6. The Hall–Kier alpha value is -2.28. The average molecular weight is 304 g/mol. The summed E-state index contributed by atoms with van der Waals surface area (Å²) in [6, 6.07) is 6.48. The SMILES string of the molecule is Cn1ccnc1SCCC(=O)Nc1ccc(C(N)=O)cc1. The number of carbonyl (C=O) groups is 2. The van der Waals surface area contributed by atoms with Crippen LogP contribution in [0.1, 0.15) is 16.8 Å². The Morgan fingerprint density at radius 3 is 2.62 bits per heavy atom. The van der Waals surface area contributed by atoms with E-state index in [1.807, 2.05) is 17.8 Å². The van der Waals surface area contributed by atoms with Crippen molar-refractivity contribution in [3.05, 3.63) is 42.2 Å². The number of nitrogens with one attached hydrogen (secondary N) is 1. The molecule has 0 saturated heterocycles. The van der Waals surface area contributed by atoms with Gasteiger partial charge in [-0.15, -0.1) is 0 Å². The quantitative estimate of drug-likeness (QED) is 0.794. The number of aromatic nitrogens is 2. The monoisotopic (exact) mass is 304 g/mol. The van der Waals surface area contributed by atoms with Gasteiger partial charge in [0.2, 0.25) is 11.8 Å². The minimum atomic E-state index is -0.487. The maximum atomic E-state index is 11.8. The van der Waals surface area contributed by atoms with Gasteiger partial charge in [0.05, 0.1) is 0 Å². The van der Waals surface area contributed by atoms with Gasteiger partial charge in [0.15, 0.2) is 5.16 Å². The fourth-order valence-electron chi connectivity index (χ4n) is 1.67. The summed E-state index contributed by atoms with van der Waals surface area (Å²) in [6.07, 6.45) is 3.97. The first kappa shape index (κ1) is 15.1. The van der Waals surface area contributed by atoms with Crippen LogP contribution in [-0.4, -0.2) is 27.1 Å². The molecule has 1 aromatic heterocycles. The molecule has 21 heavy (non-hydrogen) atoms. The summed E-state index contributed by atoms with van der Waals surface area (Å²) in [5.41, 5.74) is 6.21. The third-order valence-electron chi connectivity index (χ3n) is 2.79. The number of aryl methyl sites for hydroxylation is 1. The second-order valence-electron chi connectivity index (χ2n) is 4.41. The Morgan fingerprint density at radius 2 is 2.05 bits per heavy atom. The molecule has 0 aliphatic rings. The van der Waals surface area contributed by atoms with Gasteiger partial charge in [-0.3, -0.25) is 9.59 Å². The number of rotatable bonds is 6. The molecular formula is C14H16N4O2S. The minimum Gasteiger partial charge on any atom is -0.366 e. The number of amides is 2. The smallest absolute Gasteiger partial charge is 0.248 e. The molecule has 0 fully saturated rings. The molecule has 1 heterocycles. The zero-order chi connectivity index (χ0) is 15.2. The lowest BCUT2D eigenvalue weighted by molar-refractivity contribution is -0.115. The van der Waals surface area contributed by atoms with Crippen LogP contribution >= 0.6 is 11.8 Å². The van der Waals surface area contributed by atoms with E-state index in [-0.39, 0.29) is 5.91 Å². The van der Waals surface area contributed by atoms with Crippen molar-refractivity contribution in [2.24, 2.45) is 12.8 Å². The second-order valence-corrected chi connectivity index (χ2v) is 5.47. The fourth-order valence-corrected chi connectivity index (χ4v) is 2.54. The highest BCUT2D eigenvalue weighted by molar-refractivity contribution is 7.99. The summed E-state index contributed by atoms with van der Waals surface area (Å²) >= 11 is 1.53. The van der Waals surface area contributed by atoms with E-state index >= 15 is 0 Å². The number of nitrogens with two attached hydrogens (primary N) is 1. The van der Waals surface area contributed by atoms with Gasteiger partial charge in [-0.2, -0.15) is 0 Å². The number of imidazole rings is 1. The van der Waals surface area contributed by atoms with Crippen LogP contribution in [-0.2, 0) is 11.8 Å². The van der Waals surface area contributed by atoms with Crippen molar-refractivity contribution in [2.45, 2.75) is 11.6 Å². The van der Waals surface area contributed by atoms with E-state index in [1.165, 1.54) is 11.8 Å². The van der Waals surface area contributed by atoms with Gasteiger partial charge in [0, 0.05) is 42.9 Å². The van der Waals surface area contributed by atoms with Crippen molar-refractivity contribution in [1.82, 2.24) is 9.55 Å². The first-order chi connectivity index (χ1) is 10.1. The molecule has 110 valence electrons. The van der Waals surface area contributed by atoms with E-state index in [4.69, 9.17) is 5.73 Å². The minimum absolute atomic E-state index is 0.0801. The number of hydrogen-bond donors (Lipinski definition) is 2. The lowest BCUT2D eigenvalue weighted by Gasteiger charge is -2.05. The van der Waals surface area contributed by atoms with E-state index < -0.39 is 5.91 Å². The van der Waals surface area contributed by atoms with Gasteiger partial charge in [-0.05, 0) is 24.3 Å². The van der Waals surface area contributed by atoms with Crippen LogP contribution in [0.3, 0.4) is 0 Å². The highest BCUT2D eigenvalue weighted by Crippen LogP contribution is 2.16. The summed E-state index contributed by atoms with van der Waals surface area (Å²) in [7, 11) is 1.91. The van der Waals surface area contributed by atoms with Crippen molar-refractivity contribution >= 4 is 29.3 Å². The van der Waals surface area contributed by atoms with Crippen LogP contribution in [0.2, 0.25) is 0 Å². The van der Waals surface area contributed by atoms with Gasteiger partial charge >= 0.3 is 0 Å². The molecule has 6 nitrogen and oxygen atoms in total. The summed E-state index contributed by atoms with van der Waals surface area (Å²) in [4.78, 5) is 26.9. The molecule has 0 radical (unpaired) electrons. The molecule has 0 bridgehead atoms. The lowest BCUT2D eigenvalue weighted by atomic mass is 10.2. The second kappa shape index (κ2) is 6.94. The number of benzene rings is 1. The van der Waals surface area contributed by atoms with Crippen LogP contribution in [0.4, 0.5) is 5.69 Å². The number of hydrogen-bond acceptors (Lipinski definition) is 4. The summed E-state index contributed by atoms with van der Waals surface area (Å²) in [5, 5.41) is 3.65. The van der Waals surface area contributed by atoms with E-state index in [2.05, 4.69) is 10.3 Å². The van der Waals surface area contributed by atoms with E-state index in [1.54, 1.807) is 30.5 Å². The van der Waals surface area contributed by atoms with E-state index in [9.17, 15) is 9.59 Å². The van der Waals surface area contributed by atoms with Crippen molar-refractivity contribution in [1.29, 1.82) is 0 Å². The molecular weight excluding hydrogens is 288 g/mol. The lowest BCUT2D eigenvalue weighted by Crippen LogP contribution is -2.13. The molecule has 1 aromatic carbocycles. The van der Waals surface area contributed by atoms with Crippen LogP contribution in [0, 0.1) is 0 Å². The molecule has 3 N–H and O–H groups in total. The molecule has 7 heteroatoms. The van der Waals surface area contributed by atoms with Crippen molar-refractivity contribution in [3.63, 3.8) is 0 Å². The molecule has 0 unspecified atom stereocenters. The maximum Gasteiger partial charge on any atom is 0.248 e. The summed E-state index contributed by atoms with van der Waals surface area (Å²) in [6.45, 7) is 0. The predicted octanol–water partition coefficient (Wildman–Crippen LogP) is 1.64. The first-order valence-corrected chi connectivity index (χ1v) is 7.34. The normalized spacial score (nSPS) is 10.3. The fraction of sp³-hybridized carbons (Fsp3) is 0.214. The van der Waals surface area contributed by atoms with Crippen LogP contribution < -0.4 is 11.1 Å². The zero-order valence-corrected chi connectivity index (χ0v) is 12.4. The highest BCUT2D eigenvalue weighted by Gasteiger charge is 2.06. The standard InChI is InChI=1S/C14H16N4O2S/c1-18-8-7-16-14(18)21-9-6-12(19)17-11-4-2-10(3-5-11)13(15)20/h2-5,7-8H,6,9H2,1H3,(H2,15,20)(H,17,19). The molecule has 0 saturated carbocycles. The van der Waals surface area contributed by atoms with Crippen LogP contribution in [0.25, 0.3) is 0 Å². The molecule has 2 rings (SSSR count).